The van der Waals surface area contributed by atoms with Gasteiger partial charge in [0.05, 0.1) is 0 Å². The third-order valence-electron chi connectivity index (χ3n) is 5.15. The number of nitrogens with two attached hydrogens (primary N) is 1. The van der Waals surface area contributed by atoms with Crippen molar-refractivity contribution in [1.82, 2.24) is 9.91 Å². The second-order valence-corrected chi connectivity index (χ2v) is 19.2. The SMILES string of the molecule is CC[N](CC)[Nb]([NH2])([N](CC)CC)([N](CC)CC)[C](C)(C)C. The zero-order valence-electron chi connectivity index (χ0n) is 16.1. The normalized spacial score (nSPS) is 15.8. The summed E-state index contributed by atoms with van der Waals surface area (Å²) in [7, 11) is 0. The molecule has 0 bridgehead atoms. The molecule has 0 atom stereocenters. The monoisotopic (exact) mass is 382 g/mol. The topological polar surface area (TPSA) is 35.7 Å². The van der Waals surface area contributed by atoms with Gasteiger partial charge in [-0.15, -0.1) is 0 Å². The Morgan fingerprint density at radius 2 is 0.810 bits per heavy atom. The van der Waals surface area contributed by atoms with Crippen molar-refractivity contribution in [3.8, 4) is 0 Å². The molecule has 0 heterocycles. The number of hydrogen-bond acceptors (Lipinski definition) is 4. The molecule has 0 amide bonds. The zero-order valence-corrected chi connectivity index (χ0v) is 18.3. The fourth-order valence-electron chi connectivity index (χ4n) is 4.15. The molecule has 0 saturated carbocycles. The Kier molecular flexibility index (Phi) is 8.13. The third kappa shape index (κ3) is 3.01. The molecule has 0 aliphatic carbocycles. The molecule has 2 N–H and O–H groups in total. The van der Waals surface area contributed by atoms with E-state index in [1.807, 2.05) is 0 Å². The van der Waals surface area contributed by atoms with Crippen molar-refractivity contribution in [2.24, 2.45) is 4.14 Å². The fraction of sp³-hybridized carbons (Fsp3) is 1.00. The van der Waals surface area contributed by atoms with Crippen LogP contribution >= 0.6 is 0 Å². The van der Waals surface area contributed by atoms with E-state index in [2.05, 4.69) is 72.2 Å². The number of nitrogens with zero attached hydrogens (tertiary/aromatic N) is 3. The molecule has 0 saturated heterocycles. The molecule has 4 nitrogen and oxygen atoms in total. The van der Waals surface area contributed by atoms with E-state index in [0.717, 1.165) is 39.3 Å². The second-order valence-electron chi connectivity index (χ2n) is 6.63. The van der Waals surface area contributed by atoms with E-state index < -0.39 is 16.9 Å². The molecular weight excluding hydrogens is 341 g/mol. The van der Waals surface area contributed by atoms with Crippen LogP contribution in [0.25, 0.3) is 0 Å². The van der Waals surface area contributed by atoms with E-state index >= 15 is 0 Å². The first kappa shape index (κ1) is 21.6. The van der Waals surface area contributed by atoms with Gasteiger partial charge in [-0.3, -0.25) is 0 Å². The summed E-state index contributed by atoms with van der Waals surface area (Å²) in [5.74, 6) is 0. The predicted octanol–water partition coefficient (Wildman–Crippen LogP) is 3.54. The van der Waals surface area contributed by atoms with Gasteiger partial charge in [-0.25, -0.2) is 0 Å². The van der Waals surface area contributed by atoms with Crippen LogP contribution in [0.4, 0.5) is 0 Å². The summed E-state index contributed by atoms with van der Waals surface area (Å²) >= 11 is -3.92. The fourth-order valence-corrected chi connectivity index (χ4v) is 21.3. The quantitative estimate of drug-likeness (QED) is 0.619. The first-order chi connectivity index (χ1) is 9.64. The molecule has 0 unspecified atom stereocenters. The van der Waals surface area contributed by atoms with E-state index in [0.29, 0.717) is 0 Å². The molecular formula is C16H41N4Nb. The van der Waals surface area contributed by atoms with Crippen LogP contribution in [0.15, 0.2) is 0 Å². The predicted molar refractivity (Wildman–Crippen MR) is 92.7 cm³/mol. The third-order valence-corrected chi connectivity index (χ3v) is 23.9. The first-order valence-electron chi connectivity index (χ1n) is 8.72. The van der Waals surface area contributed by atoms with Gasteiger partial charge in [0.2, 0.25) is 0 Å². The molecule has 0 radical (unpaired) electrons. The van der Waals surface area contributed by atoms with Gasteiger partial charge in [0, 0.05) is 0 Å². The molecule has 0 aromatic heterocycles. The van der Waals surface area contributed by atoms with Gasteiger partial charge in [-0.2, -0.15) is 0 Å². The standard InChI is InChI=1S/3C4H10N.C4H9.H2N.Nb/c3*1-3-5-4-2;1-4(2)3;;/h3*3-4H2,1-2H3;1-3H3;1H2;/q3*-1;;-1;+4. The van der Waals surface area contributed by atoms with Gasteiger partial charge < -0.3 is 0 Å². The molecule has 0 rings (SSSR count). The van der Waals surface area contributed by atoms with Gasteiger partial charge in [0.1, 0.15) is 0 Å². The number of hydrogen-bond donors (Lipinski definition) is 1. The van der Waals surface area contributed by atoms with Crippen molar-refractivity contribution in [2.45, 2.75) is 65.9 Å². The molecule has 21 heavy (non-hydrogen) atoms. The summed E-state index contributed by atoms with van der Waals surface area (Å²) in [5.41, 5.74) is 0. The molecule has 130 valence electrons. The average molecular weight is 382 g/mol. The maximum atomic E-state index is 7.67. The average Bonchev–Trinajstić information content (AvgIpc) is 2.41. The Morgan fingerprint density at radius 1 is 0.619 bits per heavy atom. The Morgan fingerprint density at radius 3 is 0.905 bits per heavy atom. The molecule has 0 fully saturated rings. The van der Waals surface area contributed by atoms with Crippen molar-refractivity contribution in [3.63, 3.8) is 0 Å². The minimum atomic E-state index is -3.92. The maximum absolute atomic E-state index is 7.67. The van der Waals surface area contributed by atoms with Crippen LogP contribution in [0.3, 0.4) is 0 Å². The Hall–Kier alpha value is 0.580. The van der Waals surface area contributed by atoms with Gasteiger partial charge in [0.25, 0.3) is 0 Å². The van der Waals surface area contributed by atoms with E-state index in [9.17, 15) is 0 Å². The summed E-state index contributed by atoms with van der Waals surface area (Å²) in [6.45, 7) is 26.8. The van der Waals surface area contributed by atoms with Gasteiger partial charge in [0.15, 0.2) is 0 Å². The van der Waals surface area contributed by atoms with Crippen molar-refractivity contribution < 1.29 is 16.9 Å². The van der Waals surface area contributed by atoms with Crippen molar-refractivity contribution >= 4 is 0 Å². The zero-order chi connectivity index (χ0) is 16.9. The molecule has 0 aliphatic rings. The van der Waals surface area contributed by atoms with Crippen molar-refractivity contribution in [2.75, 3.05) is 39.3 Å². The second kappa shape index (κ2) is 7.91. The number of rotatable bonds is 9. The Bertz CT molecular complexity index is 268. The van der Waals surface area contributed by atoms with Crippen LogP contribution in [-0.2, 0) is 16.9 Å². The summed E-state index contributed by atoms with van der Waals surface area (Å²) < 4.78 is 15.7. The molecule has 5 heteroatoms. The minimum absolute atomic E-state index is 0.0807. The Balaban J connectivity index is 6.63. The van der Waals surface area contributed by atoms with Crippen LogP contribution in [0, 0.1) is 0 Å². The van der Waals surface area contributed by atoms with Crippen LogP contribution < -0.4 is 4.14 Å². The van der Waals surface area contributed by atoms with E-state index in [-0.39, 0.29) is 3.63 Å². The Labute approximate surface area is 136 Å². The molecule has 0 aromatic rings. The van der Waals surface area contributed by atoms with E-state index in [1.165, 1.54) is 0 Å². The van der Waals surface area contributed by atoms with Crippen LogP contribution in [0.5, 0.6) is 0 Å². The van der Waals surface area contributed by atoms with E-state index in [4.69, 9.17) is 4.14 Å². The van der Waals surface area contributed by atoms with Crippen LogP contribution in [0.2, 0.25) is 3.63 Å². The summed E-state index contributed by atoms with van der Waals surface area (Å²) in [5, 5.41) is 0. The summed E-state index contributed by atoms with van der Waals surface area (Å²) in [4.78, 5) is 0. The molecule has 0 aromatic carbocycles. The van der Waals surface area contributed by atoms with Gasteiger partial charge in [-0.05, 0) is 0 Å². The van der Waals surface area contributed by atoms with Crippen LogP contribution in [-0.4, -0.2) is 49.2 Å². The van der Waals surface area contributed by atoms with E-state index in [1.54, 1.807) is 0 Å². The van der Waals surface area contributed by atoms with Crippen LogP contribution in [0.1, 0.15) is 62.3 Å². The molecule has 0 aliphatic heterocycles. The van der Waals surface area contributed by atoms with Gasteiger partial charge in [-0.1, -0.05) is 0 Å². The first-order valence-corrected chi connectivity index (χ1v) is 14.0. The van der Waals surface area contributed by atoms with Crippen molar-refractivity contribution in [1.29, 1.82) is 0 Å². The van der Waals surface area contributed by atoms with Crippen molar-refractivity contribution in [3.05, 3.63) is 0 Å². The van der Waals surface area contributed by atoms with Gasteiger partial charge >= 0.3 is 136 Å². The summed E-state index contributed by atoms with van der Waals surface area (Å²) in [6, 6.07) is 0. The summed E-state index contributed by atoms with van der Waals surface area (Å²) in [6.07, 6.45) is 0. The molecule has 0 spiro atoms.